The van der Waals surface area contributed by atoms with Crippen LogP contribution in [0.1, 0.15) is 61.9 Å². The number of amides is 1. The van der Waals surface area contributed by atoms with E-state index in [9.17, 15) is 4.79 Å². The highest BCUT2D eigenvalue weighted by Gasteiger charge is 2.36. The molecule has 3 nitrogen and oxygen atoms in total. The van der Waals surface area contributed by atoms with Crippen molar-refractivity contribution in [2.75, 3.05) is 6.54 Å². The van der Waals surface area contributed by atoms with Crippen molar-refractivity contribution >= 4 is 17.2 Å². The summed E-state index contributed by atoms with van der Waals surface area (Å²) in [4.78, 5) is 16.7. The molecule has 116 valence electrons. The first kappa shape index (κ1) is 15.0. The van der Waals surface area contributed by atoms with Crippen molar-refractivity contribution in [3.05, 3.63) is 21.9 Å². The third kappa shape index (κ3) is 2.88. The molecule has 0 saturated heterocycles. The highest BCUT2D eigenvalue weighted by atomic mass is 32.1. The Hall–Kier alpha value is -0.870. The Morgan fingerprint density at radius 3 is 3.00 bits per heavy atom. The van der Waals surface area contributed by atoms with Crippen LogP contribution in [0.25, 0.3) is 0 Å². The molecule has 0 aromatic carbocycles. The van der Waals surface area contributed by atoms with Crippen molar-refractivity contribution in [2.24, 2.45) is 11.7 Å². The summed E-state index contributed by atoms with van der Waals surface area (Å²) < 4.78 is 0. The molecule has 2 heterocycles. The molecule has 3 atom stereocenters. The summed E-state index contributed by atoms with van der Waals surface area (Å²) in [5.41, 5.74) is 7.68. The average molecular weight is 306 g/mol. The average Bonchev–Trinajstić information content (AvgIpc) is 2.87. The predicted molar refractivity (Wildman–Crippen MR) is 87.3 cm³/mol. The number of nitrogens with zero attached hydrogens (tertiary/aromatic N) is 1. The summed E-state index contributed by atoms with van der Waals surface area (Å²) in [6.45, 7) is 3.05. The first-order valence-corrected chi connectivity index (χ1v) is 9.22. The van der Waals surface area contributed by atoms with Gasteiger partial charge < -0.3 is 10.6 Å². The van der Waals surface area contributed by atoms with Crippen molar-refractivity contribution in [3.8, 4) is 0 Å². The van der Waals surface area contributed by atoms with Crippen molar-refractivity contribution in [1.29, 1.82) is 0 Å². The van der Waals surface area contributed by atoms with Gasteiger partial charge in [0.1, 0.15) is 0 Å². The lowest BCUT2D eigenvalue weighted by Crippen LogP contribution is -2.47. The number of thiophene rings is 1. The van der Waals surface area contributed by atoms with E-state index in [1.165, 1.54) is 23.3 Å². The van der Waals surface area contributed by atoms with Gasteiger partial charge in [-0.25, -0.2) is 0 Å². The van der Waals surface area contributed by atoms with E-state index >= 15 is 0 Å². The second-order valence-electron chi connectivity index (χ2n) is 6.41. The predicted octanol–water partition coefficient (Wildman–Crippen LogP) is 3.49. The van der Waals surface area contributed by atoms with E-state index in [4.69, 9.17) is 5.73 Å². The largest absolute Gasteiger partial charge is 0.335 e. The third-order valence-electron chi connectivity index (χ3n) is 5.15. The normalized spacial score (nSPS) is 29.8. The molecule has 0 bridgehead atoms. The quantitative estimate of drug-likeness (QED) is 0.850. The van der Waals surface area contributed by atoms with E-state index in [0.29, 0.717) is 5.91 Å². The maximum Gasteiger partial charge on any atom is 0.227 e. The van der Waals surface area contributed by atoms with Gasteiger partial charge in [0.2, 0.25) is 5.91 Å². The lowest BCUT2D eigenvalue weighted by molar-refractivity contribution is -0.139. The molecule has 1 amide bonds. The Morgan fingerprint density at radius 2 is 2.19 bits per heavy atom. The molecule has 1 aromatic heterocycles. The number of fused-ring (bicyclic) bond motifs is 1. The van der Waals surface area contributed by atoms with Crippen LogP contribution in [0.5, 0.6) is 0 Å². The van der Waals surface area contributed by atoms with Gasteiger partial charge >= 0.3 is 0 Å². The number of hydrogen-bond acceptors (Lipinski definition) is 3. The topological polar surface area (TPSA) is 46.3 Å². The van der Waals surface area contributed by atoms with Gasteiger partial charge in [0.05, 0.1) is 12.0 Å². The maximum absolute atomic E-state index is 13.1. The van der Waals surface area contributed by atoms with E-state index in [0.717, 1.165) is 38.6 Å². The molecule has 1 aliphatic heterocycles. The smallest absolute Gasteiger partial charge is 0.227 e. The van der Waals surface area contributed by atoms with Crippen molar-refractivity contribution < 1.29 is 4.79 Å². The van der Waals surface area contributed by atoms with Gasteiger partial charge in [0, 0.05) is 17.5 Å². The Bertz CT molecular complexity index is 499. The molecule has 1 aromatic rings. The third-order valence-corrected chi connectivity index (χ3v) is 6.15. The molecule has 2 aliphatic rings. The fraction of sp³-hybridized carbons (Fsp3) is 0.706. The number of nitrogens with two attached hydrogens (primary N) is 1. The number of rotatable bonds is 2. The molecule has 4 heteroatoms. The van der Waals surface area contributed by atoms with Crippen LogP contribution in [-0.2, 0) is 11.2 Å². The van der Waals surface area contributed by atoms with E-state index in [-0.39, 0.29) is 18.0 Å². The van der Waals surface area contributed by atoms with E-state index in [1.54, 1.807) is 0 Å². The summed E-state index contributed by atoms with van der Waals surface area (Å²) in [5, 5.41) is 2.17. The van der Waals surface area contributed by atoms with Crippen LogP contribution < -0.4 is 5.73 Å². The number of hydrogen-bond donors (Lipinski definition) is 1. The second kappa shape index (κ2) is 6.49. The molecule has 1 saturated carbocycles. The minimum atomic E-state index is 0.0433. The molecule has 3 unspecified atom stereocenters. The molecule has 0 spiro atoms. The van der Waals surface area contributed by atoms with E-state index < -0.39 is 0 Å². The Balaban J connectivity index is 1.80. The summed E-state index contributed by atoms with van der Waals surface area (Å²) in [6, 6.07) is 2.53. The standard InChI is InChI=1S/C17H26N2OS/c1-2-15-13-9-11-21-16(13)8-10-19(15)17(20)12-6-4-3-5-7-14(12)18/h9,11-12,14-15H,2-8,10,18H2,1H3. The van der Waals surface area contributed by atoms with Crippen LogP contribution in [-0.4, -0.2) is 23.4 Å². The van der Waals surface area contributed by atoms with Crippen LogP contribution in [0.4, 0.5) is 0 Å². The van der Waals surface area contributed by atoms with Crippen molar-refractivity contribution in [1.82, 2.24) is 4.90 Å². The van der Waals surface area contributed by atoms with Gasteiger partial charge in [-0.1, -0.05) is 26.2 Å². The minimum Gasteiger partial charge on any atom is -0.335 e. The Kier molecular flexibility index (Phi) is 4.65. The van der Waals surface area contributed by atoms with Crippen molar-refractivity contribution in [2.45, 2.75) is 64.0 Å². The lowest BCUT2D eigenvalue weighted by Gasteiger charge is -2.38. The first-order chi connectivity index (χ1) is 10.2. The van der Waals surface area contributed by atoms with Gasteiger partial charge in [-0.2, -0.15) is 0 Å². The van der Waals surface area contributed by atoms with Crippen LogP contribution in [0.2, 0.25) is 0 Å². The molecule has 1 fully saturated rings. The summed E-state index contributed by atoms with van der Waals surface area (Å²) in [5.74, 6) is 0.356. The summed E-state index contributed by atoms with van der Waals surface area (Å²) in [7, 11) is 0. The van der Waals surface area contributed by atoms with Gasteiger partial charge in [-0.15, -0.1) is 11.3 Å². The number of carbonyl (C=O) groups is 1. The zero-order valence-corrected chi connectivity index (χ0v) is 13.7. The maximum atomic E-state index is 13.1. The van der Waals surface area contributed by atoms with Gasteiger partial charge in [0.25, 0.3) is 0 Å². The van der Waals surface area contributed by atoms with Crippen LogP contribution >= 0.6 is 11.3 Å². The van der Waals surface area contributed by atoms with Crippen LogP contribution in [0, 0.1) is 5.92 Å². The van der Waals surface area contributed by atoms with Crippen LogP contribution in [0.3, 0.4) is 0 Å². The molecular weight excluding hydrogens is 280 g/mol. The monoisotopic (exact) mass is 306 g/mol. The minimum absolute atomic E-state index is 0.0433. The van der Waals surface area contributed by atoms with Gasteiger partial charge in [0.15, 0.2) is 0 Å². The zero-order valence-electron chi connectivity index (χ0n) is 12.9. The molecular formula is C17H26N2OS. The SMILES string of the molecule is CCC1c2ccsc2CCN1C(=O)C1CCCCCC1N. The highest BCUT2D eigenvalue weighted by Crippen LogP contribution is 2.37. The lowest BCUT2D eigenvalue weighted by atomic mass is 9.90. The second-order valence-corrected chi connectivity index (χ2v) is 7.41. The fourth-order valence-corrected chi connectivity index (χ4v) is 4.88. The van der Waals surface area contributed by atoms with Gasteiger partial charge in [-0.05, 0) is 42.7 Å². The molecule has 2 N–H and O–H groups in total. The highest BCUT2D eigenvalue weighted by molar-refractivity contribution is 7.10. The summed E-state index contributed by atoms with van der Waals surface area (Å²) in [6.07, 6.45) is 7.54. The van der Waals surface area contributed by atoms with Gasteiger partial charge in [-0.3, -0.25) is 4.79 Å². The molecule has 3 rings (SSSR count). The first-order valence-electron chi connectivity index (χ1n) is 8.34. The zero-order chi connectivity index (χ0) is 14.8. The van der Waals surface area contributed by atoms with Crippen molar-refractivity contribution in [3.63, 3.8) is 0 Å². The number of carbonyl (C=O) groups excluding carboxylic acids is 1. The molecule has 21 heavy (non-hydrogen) atoms. The van der Waals surface area contributed by atoms with E-state index in [1.807, 2.05) is 11.3 Å². The van der Waals surface area contributed by atoms with E-state index in [2.05, 4.69) is 23.3 Å². The molecule has 1 aliphatic carbocycles. The fourth-order valence-electron chi connectivity index (χ4n) is 3.96. The Labute approximate surface area is 131 Å². The van der Waals surface area contributed by atoms with Crippen LogP contribution in [0.15, 0.2) is 11.4 Å². The Morgan fingerprint density at radius 1 is 1.38 bits per heavy atom. The molecule has 0 radical (unpaired) electrons. The summed E-state index contributed by atoms with van der Waals surface area (Å²) >= 11 is 1.84.